The molecular formula is C23H25N5O4. The summed E-state index contributed by atoms with van der Waals surface area (Å²) >= 11 is 0. The standard InChI is InChI=1S/C23H25N5O4/c1-31-20-9-8-16(12-21(20)32-2)25-22(29)15-6-5-11-28(14-15)23(30)19-13-18(26-27-19)17-7-3-4-10-24-17/h3-4,7-10,12-13,15H,5-6,11,14H2,1-2H3,(H,25,29)(H,26,27). The number of aromatic nitrogens is 3. The molecule has 2 aromatic heterocycles. The molecule has 1 aliphatic heterocycles. The lowest BCUT2D eigenvalue weighted by molar-refractivity contribution is -0.121. The Morgan fingerprint density at radius 2 is 1.94 bits per heavy atom. The van der Waals surface area contributed by atoms with Crippen LogP contribution in [0, 0.1) is 5.92 Å². The van der Waals surface area contributed by atoms with Crippen LogP contribution in [0.3, 0.4) is 0 Å². The number of anilines is 1. The normalized spacial score (nSPS) is 15.8. The van der Waals surface area contributed by atoms with Gasteiger partial charge in [0.1, 0.15) is 11.4 Å². The number of hydrogen-bond donors (Lipinski definition) is 2. The van der Waals surface area contributed by atoms with E-state index in [9.17, 15) is 9.59 Å². The number of nitrogens with zero attached hydrogens (tertiary/aromatic N) is 3. The average Bonchev–Trinajstić information content (AvgIpc) is 3.34. The van der Waals surface area contributed by atoms with Crippen molar-refractivity contribution in [2.45, 2.75) is 12.8 Å². The van der Waals surface area contributed by atoms with Gasteiger partial charge in [-0.15, -0.1) is 0 Å². The number of piperidine rings is 1. The molecule has 2 N–H and O–H groups in total. The maximum absolute atomic E-state index is 13.0. The summed E-state index contributed by atoms with van der Waals surface area (Å²) in [5, 5.41) is 9.93. The first-order valence-electron chi connectivity index (χ1n) is 10.4. The van der Waals surface area contributed by atoms with Crippen molar-refractivity contribution in [3.63, 3.8) is 0 Å². The fourth-order valence-electron chi connectivity index (χ4n) is 3.78. The molecule has 1 unspecified atom stereocenters. The van der Waals surface area contributed by atoms with E-state index < -0.39 is 0 Å². The molecule has 0 bridgehead atoms. The van der Waals surface area contributed by atoms with Gasteiger partial charge in [0.2, 0.25) is 5.91 Å². The van der Waals surface area contributed by atoms with Gasteiger partial charge in [0, 0.05) is 31.0 Å². The molecule has 3 heterocycles. The summed E-state index contributed by atoms with van der Waals surface area (Å²) in [6.07, 6.45) is 3.14. The molecule has 9 nitrogen and oxygen atoms in total. The predicted molar refractivity (Wildman–Crippen MR) is 119 cm³/mol. The Morgan fingerprint density at radius 3 is 2.69 bits per heavy atom. The fourth-order valence-corrected chi connectivity index (χ4v) is 3.78. The summed E-state index contributed by atoms with van der Waals surface area (Å²) in [6.45, 7) is 0.937. The van der Waals surface area contributed by atoms with Gasteiger partial charge in [0.25, 0.3) is 5.91 Å². The summed E-state index contributed by atoms with van der Waals surface area (Å²) in [7, 11) is 3.10. The van der Waals surface area contributed by atoms with E-state index in [4.69, 9.17) is 9.47 Å². The molecule has 1 aromatic carbocycles. The lowest BCUT2D eigenvalue weighted by Gasteiger charge is -2.31. The molecule has 2 amide bonds. The highest BCUT2D eigenvalue weighted by molar-refractivity contribution is 5.96. The highest BCUT2D eigenvalue weighted by Crippen LogP contribution is 2.30. The minimum absolute atomic E-state index is 0.131. The van der Waals surface area contributed by atoms with Crippen LogP contribution < -0.4 is 14.8 Å². The van der Waals surface area contributed by atoms with E-state index in [1.807, 2.05) is 18.2 Å². The maximum atomic E-state index is 13.0. The van der Waals surface area contributed by atoms with E-state index in [0.29, 0.717) is 53.8 Å². The predicted octanol–water partition coefficient (Wildman–Crippen LogP) is 2.98. The van der Waals surface area contributed by atoms with Crippen LogP contribution in [0.2, 0.25) is 0 Å². The molecular weight excluding hydrogens is 410 g/mol. The Morgan fingerprint density at radius 1 is 1.09 bits per heavy atom. The van der Waals surface area contributed by atoms with Gasteiger partial charge in [-0.25, -0.2) is 0 Å². The first kappa shape index (κ1) is 21.4. The minimum Gasteiger partial charge on any atom is -0.493 e. The Balaban J connectivity index is 1.41. The number of H-pyrrole nitrogens is 1. The van der Waals surface area contributed by atoms with Gasteiger partial charge in [-0.2, -0.15) is 5.10 Å². The second-order valence-electron chi connectivity index (χ2n) is 7.53. The van der Waals surface area contributed by atoms with Crippen LogP contribution in [0.5, 0.6) is 11.5 Å². The van der Waals surface area contributed by atoms with Gasteiger partial charge in [-0.1, -0.05) is 6.07 Å². The molecule has 1 atom stereocenters. The van der Waals surface area contributed by atoms with Crippen LogP contribution in [0.1, 0.15) is 23.3 Å². The van der Waals surface area contributed by atoms with Crippen LogP contribution in [-0.2, 0) is 4.79 Å². The highest BCUT2D eigenvalue weighted by Gasteiger charge is 2.30. The summed E-state index contributed by atoms with van der Waals surface area (Å²) < 4.78 is 10.5. The van der Waals surface area contributed by atoms with Gasteiger partial charge in [-0.05, 0) is 43.2 Å². The first-order valence-corrected chi connectivity index (χ1v) is 10.4. The van der Waals surface area contributed by atoms with E-state index in [1.165, 1.54) is 0 Å². The molecule has 0 spiro atoms. The van der Waals surface area contributed by atoms with Gasteiger partial charge in [0.05, 0.1) is 25.8 Å². The van der Waals surface area contributed by atoms with Gasteiger partial charge >= 0.3 is 0 Å². The number of ether oxygens (including phenoxy) is 2. The second-order valence-corrected chi connectivity index (χ2v) is 7.53. The summed E-state index contributed by atoms with van der Waals surface area (Å²) in [5.41, 5.74) is 2.29. The van der Waals surface area contributed by atoms with E-state index in [0.717, 1.165) is 6.42 Å². The molecule has 4 rings (SSSR count). The zero-order valence-corrected chi connectivity index (χ0v) is 18.0. The molecule has 1 aliphatic rings. The third-order valence-electron chi connectivity index (χ3n) is 5.47. The topological polar surface area (TPSA) is 109 Å². The molecule has 1 fully saturated rings. The molecule has 3 aromatic rings. The lowest BCUT2D eigenvalue weighted by Crippen LogP contribution is -2.43. The smallest absolute Gasteiger partial charge is 0.271 e. The average molecular weight is 435 g/mol. The summed E-state index contributed by atoms with van der Waals surface area (Å²) in [4.78, 5) is 31.8. The Labute approximate surface area is 185 Å². The summed E-state index contributed by atoms with van der Waals surface area (Å²) in [6, 6.07) is 12.4. The van der Waals surface area contributed by atoms with Crippen molar-refractivity contribution >= 4 is 17.5 Å². The number of aromatic amines is 1. The SMILES string of the molecule is COc1ccc(NC(=O)C2CCCN(C(=O)c3cc(-c4ccccn4)n[nH]3)C2)cc1OC. The fraction of sp³-hybridized carbons (Fsp3) is 0.304. The van der Waals surface area contributed by atoms with E-state index in [-0.39, 0.29) is 17.7 Å². The van der Waals surface area contributed by atoms with Crippen LogP contribution in [0.15, 0.2) is 48.7 Å². The number of nitrogens with one attached hydrogen (secondary N) is 2. The van der Waals surface area contributed by atoms with E-state index in [1.54, 1.807) is 49.6 Å². The van der Waals surface area contributed by atoms with Crippen LogP contribution in [-0.4, -0.2) is 59.2 Å². The van der Waals surface area contributed by atoms with Crippen molar-refractivity contribution in [3.8, 4) is 22.9 Å². The monoisotopic (exact) mass is 435 g/mol. The number of amides is 2. The number of hydrogen-bond acceptors (Lipinski definition) is 6. The number of carbonyl (C=O) groups is 2. The van der Waals surface area contributed by atoms with Crippen LogP contribution in [0.4, 0.5) is 5.69 Å². The van der Waals surface area contributed by atoms with Crippen LogP contribution in [0.25, 0.3) is 11.4 Å². The van der Waals surface area contributed by atoms with Crippen molar-refractivity contribution in [1.82, 2.24) is 20.1 Å². The number of pyridine rings is 1. The number of carbonyl (C=O) groups excluding carboxylic acids is 2. The van der Waals surface area contributed by atoms with E-state index in [2.05, 4.69) is 20.5 Å². The quantitative estimate of drug-likeness (QED) is 0.616. The molecule has 1 saturated heterocycles. The van der Waals surface area contributed by atoms with Crippen molar-refractivity contribution in [2.75, 3.05) is 32.6 Å². The maximum Gasteiger partial charge on any atom is 0.271 e. The molecule has 0 radical (unpaired) electrons. The third-order valence-corrected chi connectivity index (χ3v) is 5.47. The number of benzene rings is 1. The summed E-state index contributed by atoms with van der Waals surface area (Å²) in [5.74, 6) is 0.508. The van der Waals surface area contributed by atoms with Gasteiger partial charge in [-0.3, -0.25) is 19.7 Å². The third kappa shape index (κ3) is 4.56. The second kappa shape index (κ2) is 9.51. The highest BCUT2D eigenvalue weighted by atomic mass is 16.5. The molecule has 166 valence electrons. The Bertz CT molecular complexity index is 1100. The van der Waals surface area contributed by atoms with Crippen molar-refractivity contribution in [1.29, 1.82) is 0 Å². The van der Waals surface area contributed by atoms with Crippen molar-refractivity contribution in [3.05, 3.63) is 54.4 Å². The number of rotatable bonds is 6. The van der Waals surface area contributed by atoms with Crippen LogP contribution >= 0.6 is 0 Å². The zero-order valence-electron chi connectivity index (χ0n) is 18.0. The molecule has 0 saturated carbocycles. The van der Waals surface area contributed by atoms with Crippen molar-refractivity contribution in [2.24, 2.45) is 5.92 Å². The molecule has 9 heteroatoms. The van der Waals surface area contributed by atoms with E-state index >= 15 is 0 Å². The Kier molecular flexibility index (Phi) is 6.34. The number of likely N-dealkylation sites (tertiary alicyclic amines) is 1. The Hall–Kier alpha value is -3.88. The minimum atomic E-state index is -0.307. The lowest BCUT2D eigenvalue weighted by atomic mass is 9.96. The molecule has 32 heavy (non-hydrogen) atoms. The van der Waals surface area contributed by atoms with Gasteiger partial charge in [0.15, 0.2) is 11.5 Å². The van der Waals surface area contributed by atoms with Gasteiger partial charge < -0.3 is 19.7 Å². The zero-order chi connectivity index (χ0) is 22.5. The van der Waals surface area contributed by atoms with Crippen molar-refractivity contribution < 1.29 is 19.1 Å². The largest absolute Gasteiger partial charge is 0.493 e. The number of methoxy groups -OCH3 is 2. The first-order chi connectivity index (χ1) is 15.6. The molecule has 0 aliphatic carbocycles.